The second-order valence-corrected chi connectivity index (χ2v) is 6.19. The minimum atomic E-state index is -1.37. The molecular weight excluding hydrogens is 292 g/mol. The van der Waals surface area contributed by atoms with Crippen molar-refractivity contribution < 1.29 is 19.4 Å². The van der Waals surface area contributed by atoms with Crippen molar-refractivity contribution in [2.45, 2.75) is 56.5 Å². The molecule has 1 N–H and O–H groups in total. The molecule has 1 aliphatic heterocycles. The number of halogens is 1. The van der Waals surface area contributed by atoms with Gasteiger partial charge in [0.05, 0.1) is 0 Å². The lowest BCUT2D eigenvalue weighted by Gasteiger charge is -2.28. The largest absolute Gasteiger partial charge is 0.479 e. The van der Waals surface area contributed by atoms with E-state index in [2.05, 4.69) is 0 Å². The molecule has 21 heavy (non-hydrogen) atoms. The van der Waals surface area contributed by atoms with Gasteiger partial charge >= 0.3 is 5.97 Å². The van der Waals surface area contributed by atoms with Crippen LogP contribution in [0.1, 0.15) is 50.7 Å². The Balaban J connectivity index is 2.07. The van der Waals surface area contributed by atoms with E-state index in [0.29, 0.717) is 17.0 Å². The second-order valence-electron chi connectivity index (χ2n) is 5.79. The van der Waals surface area contributed by atoms with E-state index in [1.54, 1.807) is 6.07 Å². The zero-order chi connectivity index (χ0) is 15.1. The summed E-state index contributed by atoms with van der Waals surface area (Å²) in [6.07, 6.45) is 3.13. The van der Waals surface area contributed by atoms with Crippen molar-refractivity contribution in [2.24, 2.45) is 0 Å². The quantitative estimate of drug-likeness (QED) is 0.919. The number of rotatable bonds is 3. The smallest absolute Gasteiger partial charge is 0.339 e. The molecule has 1 spiro atoms. The fourth-order valence-electron chi connectivity index (χ4n) is 3.42. The number of hydrogen-bond donors (Lipinski definition) is 1. The number of ether oxygens (including phenoxy) is 2. The van der Waals surface area contributed by atoms with Gasteiger partial charge in [-0.15, -0.1) is 0 Å². The van der Waals surface area contributed by atoms with Crippen LogP contribution in [0.3, 0.4) is 0 Å². The summed E-state index contributed by atoms with van der Waals surface area (Å²) < 4.78 is 12.2. The lowest BCUT2D eigenvalue weighted by atomic mass is 9.89. The lowest BCUT2D eigenvalue weighted by Crippen LogP contribution is -2.44. The SMILES string of the molecule is CC[C@]1(C(=O)O)OC2(CCCC2)O[C@@H]1c1ccccc1Cl. The van der Waals surface area contributed by atoms with E-state index in [1.807, 2.05) is 25.1 Å². The molecule has 2 fully saturated rings. The van der Waals surface area contributed by atoms with Crippen molar-refractivity contribution in [1.29, 1.82) is 0 Å². The molecule has 0 aromatic heterocycles. The Morgan fingerprint density at radius 2 is 2.05 bits per heavy atom. The summed E-state index contributed by atoms with van der Waals surface area (Å²) >= 11 is 6.26. The van der Waals surface area contributed by atoms with Crippen LogP contribution in [0, 0.1) is 0 Å². The van der Waals surface area contributed by atoms with E-state index in [4.69, 9.17) is 21.1 Å². The average molecular weight is 311 g/mol. The summed E-state index contributed by atoms with van der Waals surface area (Å²) in [7, 11) is 0. The molecule has 4 nitrogen and oxygen atoms in total. The normalized spacial score (nSPS) is 30.9. The zero-order valence-electron chi connectivity index (χ0n) is 12.0. The lowest BCUT2D eigenvalue weighted by molar-refractivity contribution is -0.197. The van der Waals surface area contributed by atoms with Crippen molar-refractivity contribution in [1.82, 2.24) is 0 Å². The minimum absolute atomic E-state index is 0.333. The number of carbonyl (C=O) groups is 1. The summed E-state index contributed by atoms with van der Waals surface area (Å²) in [5.74, 6) is -1.75. The third-order valence-electron chi connectivity index (χ3n) is 4.56. The number of carboxylic acids is 1. The molecule has 1 saturated heterocycles. The van der Waals surface area contributed by atoms with E-state index in [-0.39, 0.29) is 0 Å². The monoisotopic (exact) mass is 310 g/mol. The highest BCUT2D eigenvalue weighted by Gasteiger charge is 2.62. The molecule has 5 heteroatoms. The Bertz CT molecular complexity index is 553. The molecule has 0 amide bonds. The topological polar surface area (TPSA) is 55.8 Å². The summed E-state index contributed by atoms with van der Waals surface area (Å²) in [6.45, 7) is 1.81. The van der Waals surface area contributed by atoms with Crippen molar-refractivity contribution in [3.63, 3.8) is 0 Å². The van der Waals surface area contributed by atoms with Crippen LogP contribution in [0.2, 0.25) is 5.02 Å². The molecule has 1 aromatic rings. The van der Waals surface area contributed by atoms with Crippen LogP contribution in [0.25, 0.3) is 0 Å². The van der Waals surface area contributed by atoms with E-state index in [1.165, 1.54) is 0 Å². The van der Waals surface area contributed by atoms with Crippen LogP contribution >= 0.6 is 11.6 Å². The van der Waals surface area contributed by atoms with Crippen molar-refractivity contribution in [3.05, 3.63) is 34.9 Å². The average Bonchev–Trinajstić information content (AvgIpc) is 3.05. The third kappa shape index (κ3) is 2.26. The Morgan fingerprint density at radius 3 is 2.62 bits per heavy atom. The molecule has 114 valence electrons. The summed E-state index contributed by atoms with van der Waals surface area (Å²) in [5, 5.41) is 10.3. The summed E-state index contributed by atoms with van der Waals surface area (Å²) in [4.78, 5) is 11.9. The molecule has 0 unspecified atom stereocenters. The standard InChI is InChI=1S/C16H19ClO4/c1-2-16(14(18)19)13(11-7-3-4-8-12(11)17)20-15(21-16)9-5-6-10-15/h3-4,7-8,13H,2,5-6,9-10H2,1H3,(H,18,19)/t13-,16+/m1/s1. The van der Waals surface area contributed by atoms with Gasteiger partial charge in [0.2, 0.25) is 0 Å². The number of benzene rings is 1. The maximum atomic E-state index is 11.9. The van der Waals surface area contributed by atoms with Gasteiger partial charge in [-0.2, -0.15) is 0 Å². The Labute approximate surface area is 129 Å². The van der Waals surface area contributed by atoms with Crippen LogP contribution < -0.4 is 0 Å². The number of hydrogen-bond acceptors (Lipinski definition) is 3. The first-order valence-electron chi connectivity index (χ1n) is 7.39. The van der Waals surface area contributed by atoms with Gasteiger partial charge in [-0.25, -0.2) is 4.79 Å². The second kappa shape index (κ2) is 5.27. The van der Waals surface area contributed by atoms with Crippen molar-refractivity contribution in [3.8, 4) is 0 Å². The molecule has 2 atom stereocenters. The number of carboxylic acid groups (broad SMARTS) is 1. The third-order valence-corrected chi connectivity index (χ3v) is 4.91. The van der Waals surface area contributed by atoms with E-state index in [9.17, 15) is 9.90 Å². The fourth-order valence-corrected chi connectivity index (χ4v) is 3.65. The highest BCUT2D eigenvalue weighted by atomic mass is 35.5. The first-order valence-corrected chi connectivity index (χ1v) is 7.77. The van der Waals surface area contributed by atoms with Crippen LogP contribution in [0.4, 0.5) is 0 Å². The van der Waals surface area contributed by atoms with Gasteiger partial charge in [0.15, 0.2) is 11.4 Å². The highest BCUT2D eigenvalue weighted by molar-refractivity contribution is 6.31. The molecule has 0 radical (unpaired) electrons. The summed E-state index contributed by atoms with van der Waals surface area (Å²) in [6, 6.07) is 7.23. The van der Waals surface area contributed by atoms with Crippen LogP contribution in [0.15, 0.2) is 24.3 Å². The van der Waals surface area contributed by atoms with Gasteiger partial charge in [-0.05, 0) is 25.3 Å². The Morgan fingerprint density at radius 1 is 1.38 bits per heavy atom. The molecule has 0 bridgehead atoms. The van der Waals surface area contributed by atoms with Gasteiger partial charge in [0, 0.05) is 23.4 Å². The van der Waals surface area contributed by atoms with Gasteiger partial charge < -0.3 is 14.6 Å². The molecule has 3 rings (SSSR count). The first-order chi connectivity index (χ1) is 10.0. The maximum absolute atomic E-state index is 11.9. The zero-order valence-corrected chi connectivity index (χ0v) is 12.7. The highest BCUT2D eigenvalue weighted by Crippen LogP contribution is 2.54. The van der Waals surface area contributed by atoms with Crippen LogP contribution in [0.5, 0.6) is 0 Å². The number of aliphatic carboxylic acids is 1. The Hall–Kier alpha value is -1.10. The predicted octanol–water partition coefficient (Wildman–Crippen LogP) is 3.93. The predicted molar refractivity (Wildman–Crippen MR) is 78.2 cm³/mol. The van der Waals surface area contributed by atoms with Gasteiger partial charge in [-0.3, -0.25) is 0 Å². The Kier molecular flexibility index (Phi) is 3.72. The van der Waals surface area contributed by atoms with Crippen LogP contribution in [-0.4, -0.2) is 22.5 Å². The molecule has 1 saturated carbocycles. The molecule has 2 aliphatic rings. The van der Waals surface area contributed by atoms with E-state index < -0.39 is 23.5 Å². The van der Waals surface area contributed by atoms with Gasteiger partial charge in [0.25, 0.3) is 0 Å². The molecule has 1 aliphatic carbocycles. The van der Waals surface area contributed by atoms with Gasteiger partial charge in [-0.1, -0.05) is 36.7 Å². The van der Waals surface area contributed by atoms with E-state index in [0.717, 1.165) is 25.7 Å². The van der Waals surface area contributed by atoms with Crippen molar-refractivity contribution >= 4 is 17.6 Å². The van der Waals surface area contributed by atoms with Gasteiger partial charge in [0.1, 0.15) is 6.10 Å². The maximum Gasteiger partial charge on any atom is 0.339 e. The molecule has 1 heterocycles. The van der Waals surface area contributed by atoms with Crippen molar-refractivity contribution in [2.75, 3.05) is 0 Å². The van der Waals surface area contributed by atoms with E-state index >= 15 is 0 Å². The fraction of sp³-hybridized carbons (Fsp3) is 0.562. The molecular formula is C16H19ClO4. The minimum Gasteiger partial charge on any atom is -0.479 e. The van der Waals surface area contributed by atoms with Crippen LogP contribution in [-0.2, 0) is 14.3 Å². The summed E-state index contributed by atoms with van der Waals surface area (Å²) in [5.41, 5.74) is -0.679. The first kappa shape index (κ1) is 14.8. The molecule has 1 aromatic carbocycles.